The highest BCUT2D eigenvalue weighted by Crippen LogP contribution is 1.85. The molecule has 8 heavy (non-hydrogen) atoms. The van der Waals surface area contributed by atoms with Gasteiger partial charge >= 0.3 is 0 Å². The average molecular weight is 118 g/mol. The molecule has 0 unspecified atom stereocenters. The lowest BCUT2D eigenvalue weighted by atomic mass is 10.5. The van der Waals surface area contributed by atoms with Crippen molar-refractivity contribution in [1.82, 2.24) is 5.29 Å². The first kappa shape index (κ1) is 7.34. The average Bonchev–Trinajstić information content (AvgIpc) is 1.66. The largest absolute Gasteiger partial charge is 0.270 e. The SMILES string of the molecule is CN(F)OCCC#N. The van der Waals surface area contributed by atoms with Crippen LogP contribution in [0.1, 0.15) is 6.42 Å². The smallest absolute Gasteiger partial charge is 0.0844 e. The summed E-state index contributed by atoms with van der Waals surface area (Å²) in [6.07, 6.45) is 0.217. The van der Waals surface area contributed by atoms with Gasteiger partial charge in [0.15, 0.2) is 0 Å². The number of hydroxylamine groups is 1. The van der Waals surface area contributed by atoms with Gasteiger partial charge in [-0.1, -0.05) is 0 Å². The minimum Gasteiger partial charge on any atom is -0.270 e. The van der Waals surface area contributed by atoms with Gasteiger partial charge in [-0.05, 0) is 5.29 Å². The van der Waals surface area contributed by atoms with Crippen LogP contribution in [0.3, 0.4) is 0 Å². The molecule has 3 nitrogen and oxygen atoms in total. The molecule has 0 saturated carbocycles. The van der Waals surface area contributed by atoms with E-state index in [1.165, 1.54) is 0 Å². The van der Waals surface area contributed by atoms with Crippen molar-refractivity contribution < 1.29 is 9.32 Å². The van der Waals surface area contributed by atoms with Gasteiger partial charge in [0.05, 0.1) is 19.1 Å². The van der Waals surface area contributed by atoms with Gasteiger partial charge in [0.25, 0.3) is 0 Å². The van der Waals surface area contributed by atoms with E-state index in [0.29, 0.717) is 0 Å². The van der Waals surface area contributed by atoms with Crippen LogP contribution in [-0.2, 0) is 4.84 Å². The summed E-state index contributed by atoms with van der Waals surface area (Å²) >= 11 is 0. The Labute approximate surface area is 47.2 Å². The zero-order chi connectivity index (χ0) is 6.41. The quantitative estimate of drug-likeness (QED) is 0.310. The molecule has 0 spiro atoms. The van der Waals surface area contributed by atoms with Crippen LogP contribution >= 0.6 is 0 Å². The van der Waals surface area contributed by atoms with Crippen LogP contribution in [0.15, 0.2) is 0 Å². The highest BCUT2D eigenvalue weighted by molar-refractivity contribution is 4.66. The minimum atomic E-state index is 0.0807. The van der Waals surface area contributed by atoms with E-state index in [2.05, 4.69) is 4.84 Å². The van der Waals surface area contributed by atoms with E-state index in [-0.39, 0.29) is 18.3 Å². The molecule has 0 radical (unpaired) electrons. The maximum Gasteiger partial charge on any atom is 0.0844 e. The van der Waals surface area contributed by atoms with Gasteiger partial charge in [-0.25, -0.2) is 0 Å². The first-order valence-electron chi connectivity index (χ1n) is 2.16. The highest BCUT2D eigenvalue weighted by Gasteiger charge is 1.89. The Bertz CT molecular complexity index is 88.5. The molecule has 4 heteroatoms. The van der Waals surface area contributed by atoms with Gasteiger partial charge in [0.2, 0.25) is 0 Å². The Morgan fingerprint density at radius 3 is 2.88 bits per heavy atom. The molecule has 0 aliphatic carbocycles. The summed E-state index contributed by atoms with van der Waals surface area (Å²) in [6.45, 7) is 0.115. The Hall–Kier alpha value is -0.660. The van der Waals surface area contributed by atoms with E-state index >= 15 is 0 Å². The second-order valence-electron chi connectivity index (χ2n) is 1.16. The number of halogens is 1. The third-order valence-corrected chi connectivity index (χ3v) is 0.483. The van der Waals surface area contributed by atoms with Crippen LogP contribution in [-0.4, -0.2) is 18.9 Å². The van der Waals surface area contributed by atoms with Crippen LogP contribution in [0.25, 0.3) is 0 Å². The highest BCUT2D eigenvalue weighted by atomic mass is 19.2. The van der Waals surface area contributed by atoms with Crippen molar-refractivity contribution in [3.05, 3.63) is 0 Å². The van der Waals surface area contributed by atoms with E-state index < -0.39 is 0 Å². The normalized spacial score (nSPS) is 9.25. The molecule has 0 aliphatic rings. The maximum atomic E-state index is 11.5. The molecule has 0 fully saturated rings. The summed E-state index contributed by atoms with van der Waals surface area (Å²) in [7, 11) is 1.12. The molecule has 0 amide bonds. The number of hydrogen-bond donors (Lipinski definition) is 0. The summed E-state index contributed by atoms with van der Waals surface area (Å²) < 4.78 is 11.5. The van der Waals surface area contributed by atoms with Gasteiger partial charge in [-0.3, -0.25) is 4.84 Å². The lowest BCUT2D eigenvalue weighted by Gasteiger charge is -2.00. The molecule has 0 saturated heterocycles. The molecule has 0 aromatic heterocycles. The van der Waals surface area contributed by atoms with Crippen LogP contribution in [0.4, 0.5) is 4.48 Å². The Morgan fingerprint density at radius 2 is 2.50 bits per heavy atom. The monoisotopic (exact) mass is 118 g/mol. The molecule has 0 aromatic rings. The summed E-state index contributed by atoms with van der Waals surface area (Å²) in [6, 6.07) is 1.80. The minimum absolute atomic E-state index is 0.0807. The summed E-state index contributed by atoms with van der Waals surface area (Å²) in [5.41, 5.74) is 0. The molecule has 0 bridgehead atoms. The Balaban J connectivity index is 2.85. The molecule has 0 aliphatic heterocycles. The van der Waals surface area contributed by atoms with Crippen LogP contribution in [0.2, 0.25) is 0 Å². The fraction of sp³-hybridized carbons (Fsp3) is 0.750. The maximum absolute atomic E-state index is 11.5. The number of rotatable bonds is 3. The summed E-state index contributed by atoms with van der Waals surface area (Å²) in [4.78, 5) is 4.23. The summed E-state index contributed by atoms with van der Waals surface area (Å²) in [5.74, 6) is 0. The first-order chi connectivity index (χ1) is 3.77. The van der Waals surface area contributed by atoms with E-state index in [1.54, 1.807) is 6.07 Å². The standard InChI is InChI=1S/C4H7FN2O/c1-7(5)8-4-2-3-6/h2,4H2,1H3. The Morgan fingerprint density at radius 1 is 1.88 bits per heavy atom. The third-order valence-electron chi connectivity index (χ3n) is 0.483. The van der Waals surface area contributed by atoms with Gasteiger partial charge in [-0.2, -0.15) is 5.26 Å². The van der Waals surface area contributed by atoms with Crippen molar-refractivity contribution in [2.24, 2.45) is 0 Å². The van der Waals surface area contributed by atoms with Crippen LogP contribution in [0, 0.1) is 11.3 Å². The number of nitriles is 1. The third kappa shape index (κ3) is 5.34. The second kappa shape index (κ2) is 4.50. The molecule has 46 valence electrons. The van der Waals surface area contributed by atoms with Crippen molar-refractivity contribution in [2.75, 3.05) is 13.7 Å². The Kier molecular flexibility index (Phi) is 4.13. The predicted molar refractivity (Wildman–Crippen MR) is 25.1 cm³/mol. The fourth-order valence-corrected chi connectivity index (χ4v) is 0.217. The zero-order valence-corrected chi connectivity index (χ0v) is 4.59. The molecule has 0 atom stereocenters. The molecular weight excluding hydrogens is 111 g/mol. The molecular formula is C4H7FN2O. The van der Waals surface area contributed by atoms with Gasteiger partial charge < -0.3 is 0 Å². The van der Waals surface area contributed by atoms with E-state index in [0.717, 1.165) is 7.05 Å². The van der Waals surface area contributed by atoms with Gasteiger partial charge in [0.1, 0.15) is 0 Å². The molecule has 0 N–H and O–H groups in total. The van der Waals surface area contributed by atoms with Crippen molar-refractivity contribution in [2.45, 2.75) is 6.42 Å². The van der Waals surface area contributed by atoms with Crippen molar-refractivity contribution >= 4 is 0 Å². The van der Waals surface area contributed by atoms with E-state index in [1.807, 2.05) is 0 Å². The van der Waals surface area contributed by atoms with Crippen LogP contribution < -0.4 is 0 Å². The fourth-order valence-electron chi connectivity index (χ4n) is 0.217. The number of hydrogen-bond acceptors (Lipinski definition) is 3. The van der Waals surface area contributed by atoms with Crippen LogP contribution in [0.5, 0.6) is 0 Å². The van der Waals surface area contributed by atoms with E-state index in [4.69, 9.17) is 5.26 Å². The zero-order valence-electron chi connectivity index (χ0n) is 4.59. The molecule has 0 rings (SSSR count). The van der Waals surface area contributed by atoms with Crippen molar-refractivity contribution in [3.8, 4) is 6.07 Å². The van der Waals surface area contributed by atoms with Crippen molar-refractivity contribution in [3.63, 3.8) is 0 Å². The lowest BCUT2D eigenvalue weighted by molar-refractivity contribution is -0.260. The van der Waals surface area contributed by atoms with Crippen molar-refractivity contribution in [1.29, 1.82) is 5.26 Å². The van der Waals surface area contributed by atoms with E-state index in [9.17, 15) is 4.48 Å². The topological polar surface area (TPSA) is 36.3 Å². The predicted octanol–water partition coefficient (Wildman–Crippen LogP) is 0.648. The summed E-state index contributed by atoms with van der Waals surface area (Å²) in [5, 5.41) is 7.99. The second-order valence-corrected chi connectivity index (χ2v) is 1.16. The first-order valence-corrected chi connectivity index (χ1v) is 2.16. The van der Waals surface area contributed by atoms with Gasteiger partial charge in [0, 0.05) is 7.05 Å². The molecule has 0 aromatic carbocycles. The van der Waals surface area contributed by atoms with Gasteiger partial charge in [-0.15, -0.1) is 4.48 Å². The molecule has 0 heterocycles. The number of nitrogens with zero attached hydrogens (tertiary/aromatic N) is 2. The lowest BCUT2D eigenvalue weighted by Crippen LogP contribution is -2.07.